The van der Waals surface area contributed by atoms with Crippen LogP contribution in [0.15, 0.2) is 18.2 Å². The molecular weight excluding hydrogens is 320 g/mol. The summed E-state index contributed by atoms with van der Waals surface area (Å²) in [7, 11) is -3.70. The van der Waals surface area contributed by atoms with E-state index in [1.54, 1.807) is 0 Å². The van der Waals surface area contributed by atoms with Crippen LogP contribution >= 0.6 is 11.6 Å². The number of sulfonamides is 1. The van der Waals surface area contributed by atoms with Gasteiger partial charge in [0.2, 0.25) is 15.9 Å². The van der Waals surface area contributed by atoms with Gasteiger partial charge in [-0.3, -0.25) is 4.79 Å². The Balaban J connectivity index is 2.36. The zero-order valence-electron chi connectivity index (χ0n) is 10.8. The minimum Gasteiger partial charge on any atom is -0.478 e. The van der Waals surface area contributed by atoms with Crippen LogP contribution < -0.4 is 10.0 Å². The maximum atomic E-state index is 12.0. The summed E-state index contributed by atoms with van der Waals surface area (Å²) in [6, 6.07) is 4.28. The molecule has 0 aromatic heterocycles. The smallest absolute Gasteiger partial charge is 0.337 e. The average Bonchev–Trinajstić information content (AvgIpc) is 2.66. The highest BCUT2D eigenvalue weighted by atomic mass is 35.5. The molecule has 0 aliphatic carbocycles. The summed E-state index contributed by atoms with van der Waals surface area (Å²) in [5, 5.41) is 14.3. The van der Waals surface area contributed by atoms with Crippen molar-refractivity contribution >= 4 is 39.2 Å². The number of hydrogen-bond donors (Lipinski definition) is 2. The molecule has 1 aromatic rings. The zero-order chi connectivity index (χ0) is 15.8. The van der Waals surface area contributed by atoms with Crippen LogP contribution in [0.2, 0.25) is 5.02 Å². The van der Waals surface area contributed by atoms with E-state index in [1.165, 1.54) is 23.1 Å². The van der Waals surface area contributed by atoms with Gasteiger partial charge < -0.3 is 10.0 Å². The third kappa shape index (κ3) is 3.52. The quantitative estimate of drug-likeness (QED) is 0.840. The Labute approximate surface area is 126 Å². The molecule has 21 heavy (non-hydrogen) atoms. The summed E-state index contributed by atoms with van der Waals surface area (Å²) < 4.78 is 22.2. The van der Waals surface area contributed by atoms with Crippen molar-refractivity contribution in [1.82, 2.24) is 0 Å². The van der Waals surface area contributed by atoms with Crippen molar-refractivity contribution in [2.24, 2.45) is 11.1 Å². The van der Waals surface area contributed by atoms with Crippen LogP contribution in [0.25, 0.3) is 0 Å². The van der Waals surface area contributed by atoms with Crippen molar-refractivity contribution in [2.45, 2.75) is 6.42 Å². The van der Waals surface area contributed by atoms with Crippen molar-refractivity contribution in [3.8, 4) is 0 Å². The number of nitrogens with zero attached hydrogens (tertiary/aromatic N) is 1. The number of rotatable bonds is 4. The van der Waals surface area contributed by atoms with E-state index < -0.39 is 21.9 Å². The molecule has 1 unspecified atom stereocenters. The number of hydrogen-bond acceptors (Lipinski definition) is 4. The molecule has 1 aromatic carbocycles. The molecule has 1 amide bonds. The van der Waals surface area contributed by atoms with Gasteiger partial charge in [0.05, 0.1) is 22.0 Å². The highest BCUT2D eigenvalue weighted by Gasteiger charge is 2.35. The highest BCUT2D eigenvalue weighted by molar-refractivity contribution is 7.89. The SMILES string of the molecule is NS(=O)(=O)CC1CC(=O)N(c2c(Cl)cccc2C(=O)O)C1. The van der Waals surface area contributed by atoms with Gasteiger partial charge in [-0.15, -0.1) is 0 Å². The Morgan fingerprint density at radius 3 is 2.71 bits per heavy atom. The molecule has 7 nitrogen and oxygen atoms in total. The van der Waals surface area contributed by atoms with Gasteiger partial charge in [-0.25, -0.2) is 18.4 Å². The number of carboxylic acids is 1. The molecule has 3 N–H and O–H groups in total. The third-order valence-electron chi connectivity index (χ3n) is 3.16. The van der Waals surface area contributed by atoms with E-state index in [-0.39, 0.29) is 40.9 Å². The predicted octanol–water partition coefficient (Wildman–Crippen LogP) is 0.680. The van der Waals surface area contributed by atoms with E-state index in [0.29, 0.717) is 0 Å². The van der Waals surface area contributed by atoms with E-state index in [2.05, 4.69) is 0 Å². The van der Waals surface area contributed by atoms with E-state index in [4.69, 9.17) is 16.7 Å². The maximum absolute atomic E-state index is 12.0. The van der Waals surface area contributed by atoms with E-state index >= 15 is 0 Å². The van der Waals surface area contributed by atoms with Gasteiger partial charge in [0.1, 0.15) is 0 Å². The van der Waals surface area contributed by atoms with Crippen LogP contribution in [0.4, 0.5) is 5.69 Å². The number of anilines is 1. The van der Waals surface area contributed by atoms with Gasteiger partial charge >= 0.3 is 5.97 Å². The first-order valence-corrected chi connectivity index (χ1v) is 8.11. The van der Waals surface area contributed by atoms with Crippen LogP contribution in [0.5, 0.6) is 0 Å². The molecule has 1 aliphatic heterocycles. The first-order valence-electron chi connectivity index (χ1n) is 6.01. The number of halogens is 1. The number of carbonyl (C=O) groups is 2. The number of aromatic carboxylic acids is 1. The lowest BCUT2D eigenvalue weighted by Gasteiger charge is -2.20. The predicted molar refractivity (Wildman–Crippen MR) is 76.8 cm³/mol. The first-order chi connectivity index (χ1) is 9.69. The van der Waals surface area contributed by atoms with Crippen molar-refractivity contribution in [1.29, 1.82) is 0 Å². The lowest BCUT2D eigenvalue weighted by atomic mass is 10.1. The number of carbonyl (C=O) groups excluding carboxylic acids is 1. The summed E-state index contributed by atoms with van der Waals surface area (Å²) in [5.74, 6) is -2.40. The number of primary sulfonamides is 1. The Morgan fingerprint density at radius 1 is 1.48 bits per heavy atom. The summed E-state index contributed by atoms with van der Waals surface area (Å²) in [6.45, 7) is 0.0687. The number of benzene rings is 1. The Kier molecular flexibility index (Phi) is 4.22. The summed E-state index contributed by atoms with van der Waals surface area (Å²) in [6.07, 6.45) is -0.0132. The minimum atomic E-state index is -3.70. The van der Waals surface area contributed by atoms with Crippen LogP contribution in [0.3, 0.4) is 0 Å². The normalized spacial score (nSPS) is 19.0. The fraction of sp³-hybridized carbons (Fsp3) is 0.333. The molecule has 114 valence electrons. The highest BCUT2D eigenvalue weighted by Crippen LogP contribution is 2.34. The molecule has 2 rings (SSSR count). The molecule has 1 heterocycles. The van der Waals surface area contributed by atoms with E-state index in [9.17, 15) is 23.1 Å². The second-order valence-corrected chi connectivity index (χ2v) is 6.91. The monoisotopic (exact) mass is 332 g/mol. The first kappa shape index (κ1) is 15.7. The second-order valence-electron chi connectivity index (χ2n) is 4.85. The Bertz CT molecular complexity index is 704. The summed E-state index contributed by atoms with van der Waals surface area (Å²) in [5.41, 5.74) is -0.0132. The lowest BCUT2D eigenvalue weighted by molar-refractivity contribution is -0.117. The molecular formula is C12H13ClN2O5S. The summed E-state index contributed by atoms with van der Waals surface area (Å²) in [4.78, 5) is 24.5. The topological polar surface area (TPSA) is 118 Å². The van der Waals surface area contributed by atoms with E-state index in [0.717, 1.165) is 0 Å². The van der Waals surface area contributed by atoms with Gasteiger partial charge in [0, 0.05) is 18.9 Å². The molecule has 0 saturated carbocycles. The molecule has 0 bridgehead atoms. The number of para-hydroxylation sites is 1. The Hall–Kier alpha value is -1.64. The molecule has 1 saturated heterocycles. The fourth-order valence-electron chi connectivity index (χ4n) is 2.40. The van der Waals surface area contributed by atoms with Crippen molar-refractivity contribution in [3.63, 3.8) is 0 Å². The minimum absolute atomic E-state index is 0.0132. The van der Waals surface area contributed by atoms with Crippen molar-refractivity contribution < 1.29 is 23.1 Å². The van der Waals surface area contributed by atoms with Crippen LogP contribution in [0, 0.1) is 5.92 Å². The van der Waals surface area contributed by atoms with Gasteiger partial charge in [0.15, 0.2) is 0 Å². The largest absolute Gasteiger partial charge is 0.478 e. The van der Waals surface area contributed by atoms with Gasteiger partial charge in [0.25, 0.3) is 0 Å². The zero-order valence-corrected chi connectivity index (χ0v) is 12.4. The Morgan fingerprint density at radius 2 is 2.14 bits per heavy atom. The standard InChI is InChI=1S/C12H13ClN2O5S/c13-9-3-1-2-8(12(17)18)11(9)15-5-7(4-10(15)16)6-21(14,19)20/h1-3,7H,4-6H2,(H,17,18)(H2,14,19,20). The number of carboxylic acid groups (broad SMARTS) is 1. The molecule has 9 heteroatoms. The summed E-state index contributed by atoms with van der Waals surface area (Å²) >= 11 is 6.00. The molecule has 0 spiro atoms. The molecule has 1 atom stereocenters. The number of amides is 1. The van der Waals surface area contributed by atoms with Crippen LogP contribution in [-0.4, -0.2) is 37.7 Å². The van der Waals surface area contributed by atoms with E-state index in [1.807, 2.05) is 0 Å². The second kappa shape index (κ2) is 5.63. The van der Waals surface area contributed by atoms with Gasteiger partial charge in [-0.2, -0.15) is 0 Å². The number of nitrogens with two attached hydrogens (primary N) is 1. The lowest BCUT2D eigenvalue weighted by Crippen LogP contribution is -2.29. The van der Waals surface area contributed by atoms with Crippen molar-refractivity contribution in [2.75, 3.05) is 17.2 Å². The molecule has 0 radical (unpaired) electrons. The third-order valence-corrected chi connectivity index (χ3v) is 4.40. The van der Waals surface area contributed by atoms with Gasteiger partial charge in [-0.05, 0) is 12.1 Å². The average molecular weight is 333 g/mol. The van der Waals surface area contributed by atoms with Crippen LogP contribution in [-0.2, 0) is 14.8 Å². The molecule has 1 aliphatic rings. The maximum Gasteiger partial charge on any atom is 0.337 e. The fourth-order valence-corrected chi connectivity index (χ4v) is 3.56. The molecule has 1 fully saturated rings. The van der Waals surface area contributed by atoms with Gasteiger partial charge in [-0.1, -0.05) is 17.7 Å². The van der Waals surface area contributed by atoms with Crippen LogP contribution in [0.1, 0.15) is 16.8 Å². The van der Waals surface area contributed by atoms with Crippen molar-refractivity contribution in [3.05, 3.63) is 28.8 Å².